The van der Waals surface area contributed by atoms with Crippen molar-refractivity contribution in [2.24, 2.45) is 11.7 Å². The Hall–Kier alpha value is -0.610. The lowest BCUT2D eigenvalue weighted by atomic mass is 9.84. The van der Waals surface area contributed by atoms with Gasteiger partial charge in [-0.25, -0.2) is 0 Å². The van der Waals surface area contributed by atoms with Crippen molar-refractivity contribution in [3.8, 4) is 0 Å². The summed E-state index contributed by atoms with van der Waals surface area (Å²) in [6, 6.07) is 0.684. The zero-order valence-electron chi connectivity index (χ0n) is 10.8. The maximum atomic E-state index is 11.9. The summed E-state index contributed by atoms with van der Waals surface area (Å²) in [6.07, 6.45) is 6.28. The van der Waals surface area contributed by atoms with E-state index in [0.717, 1.165) is 32.4 Å². The highest BCUT2D eigenvalue weighted by atomic mass is 16.1. The summed E-state index contributed by atoms with van der Waals surface area (Å²) in [4.78, 5) is 14.2. The van der Waals surface area contributed by atoms with Gasteiger partial charge in [-0.3, -0.25) is 4.79 Å². The van der Waals surface area contributed by atoms with E-state index in [4.69, 9.17) is 5.73 Å². The molecule has 2 fully saturated rings. The highest BCUT2D eigenvalue weighted by Gasteiger charge is 2.24. The van der Waals surface area contributed by atoms with Gasteiger partial charge in [0.2, 0.25) is 5.91 Å². The maximum Gasteiger partial charge on any atom is 0.220 e. The van der Waals surface area contributed by atoms with Crippen LogP contribution in [0.1, 0.15) is 38.5 Å². The number of carbonyl (C=O) groups is 1. The highest BCUT2D eigenvalue weighted by Crippen LogP contribution is 2.25. The van der Waals surface area contributed by atoms with Crippen molar-refractivity contribution < 1.29 is 4.79 Å². The van der Waals surface area contributed by atoms with Gasteiger partial charge in [0.25, 0.3) is 0 Å². The summed E-state index contributed by atoms with van der Waals surface area (Å²) in [6.45, 7) is 2.09. The Bertz CT molecular complexity index is 269. The van der Waals surface area contributed by atoms with E-state index in [1.807, 2.05) is 0 Å². The summed E-state index contributed by atoms with van der Waals surface area (Å²) in [5.74, 6) is 0.738. The molecule has 17 heavy (non-hydrogen) atoms. The van der Waals surface area contributed by atoms with E-state index in [9.17, 15) is 4.79 Å². The Kier molecular flexibility index (Phi) is 4.40. The Labute approximate surface area is 104 Å². The minimum absolute atomic E-state index is 0.226. The van der Waals surface area contributed by atoms with Gasteiger partial charge in [0.1, 0.15) is 0 Å². The third-order valence-corrected chi connectivity index (χ3v) is 4.05. The maximum absolute atomic E-state index is 11.9. The van der Waals surface area contributed by atoms with Gasteiger partial charge in [-0.05, 0) is 45.2 Å². The van der Waals surface area contributed by atoms with E-state index in [-0.39, 0.29) is 5.91 Å². The molecule has 2 aliphatic rings. The van der Waals surface area contributed by atoms with Crippen LogP contribution in [-0.4, -0.2) is 43.0 Å². The molecule has 2 rings (SSSR count). The van der Waals surface area contributed by atoms with Crippen molar-refractivity contribution in [1.82, 2.24) is 10.2 Å². The molecule has 1 heterocycles. The van der Waals surface area contributed by atoms with E-state index in [0.29, 0.717) is 24.4 Å². The van der Waals surface area contributed by atoms with Crippen LogP contribution in [0.25, 0.3) is 0 Å². The number of likely N-dealkylation sites (tertiary alicyclic amines) is 1. The van der Waals surface area contributed by atoms with Crippen LogP contribution in [0.5, 0.6) is 0 Å². The van der Waals surface area contributed by atoms with Gasteiger partial charge >= 0.3 is 0 Å². The van der Waals surface area contributed by atoms with Crippen LogP contribution < -0.4 is 11.1 Å². The fourth-order valence-electron chi connectivity index (χ4n) is 3.12. The molecule has 0 radical (unpaired) electrons. The monoisotopic (exact) mass is 239 g/mol. The molecule has 3 N–H and O–H groups in total. The zero-order chi connectivity index (χ0) is 12.3. The molecule has 1 aliphatic heterocycles. The van der Waals surface area contributed by atoms with E-state index in [2.05, 4.69) is 17.3 Å². The van der Waals surface area contributed by atoms with Gasteiger partial charge < -0.3 is 16.0 Å². The first-order valence-electron chi connectivity index (χ1n) is 6.87. The van der Waals surface area contributed by atoms with Crippen LogP contribution in [-0.2, 0) is 4.79 Å². The first-order valence-corrected chi connectivity index (χ1v) is 6.87. The number of likely N-dealkylation sites (N-methyl/N-ethyl adjacent to an activating group) is 1. The predicted molar refractivity (Wildman–Crippen MR) is 68.6 cm³/mol. The van der Waals surface area contributed by atoms with Gasteiger partial charge in [0.15, 0.2) is 0 Å². The Balaban J connectivity index is 1.69. The Morgan fingerprint density at radius 1 is 1.41 bits per heavy atom. The lowest BCUT2D eigenvalue weighted by Gasteiger charge is -2.26. The minimum atomic E-state index is 0.226. The largest absolute Gasteiger partial charge is 0.352 e. The number of nitrogens with one attached hydrogen (secondary N) is 1. The van der Waals surface area contributed by atoms with E-state index >= 15 is 0 Å². The first kappa shape index (κ1) is 12.8. The van der Waals surface area contributed by atoms with Crippen molar-refractivity contribution >= 4 is 5.91 Å². The first-order chi connectivity index (χ1) is 8.13. The van der Waals surface area contributed by atoms with Gasteiger partial charge in [-0.1, -0.05) is 6.42 Å². The molecule has 3 unspecified atom stereocenters. The van der Waals surface area contributed by atoms with Crippen LogP contribution in [0.4, 0.5) is 0 Å². The summed E-state index contributed by atoms with van der Waals surface area (Å²) >= 11 is 0. The summed E-state index contributed by atoms with van der Waals surface area (Å²) in [5.41, 5.74) is 5.94. The molecule has 4 nitrogen and oxygen atoms in total. The number of hydrogen-bond donors (Lipinski definition) is 2. The normalized spacial score (nSPS) is 34.8. The lowest BCUT2D eigenvalue weighted by molar-refractivity contribution is -0.122. The quantitative estimate of drug-likeness (QED) is 0.763. The van der Waals surface area contributed by atoms with Crippen molar-refractivity contribution in [2.75, 3.05) is 20.1 Å². The molecule has 0 aromatic carbocycles. The standard InChI is InChI=1S/C13H25N3O/c1-16-6-5-12(9-16)15-13(17)8-10-3-2-4-11(14)7-10/h10-12H,2-9,14H2,1H3,(H,15,17). The third kappa shape index (κ3) is 3.96. The number of hydrogen-bond acceptors (Lipinski definition) is 3. The number of nitrogens with zero attached hydrogens (tertiary/aromatic N) is 1. The smallest absolute Gasteiger partial charge is 0.220 e. The average molecular weight is 239 g/mol. The number of nitrogens with two attached hydrogens (primary N) is 1. The molecule has 1 saturated carbocycles. The lowest BCUT2D eigenvalue weighted by Crippen LogP contribution is -2.38. The van der Waals surface area contributed by atoms with E-state index < -0.39 is 0 Å². The molecule has 4 heteroatoms. The average Bonchev–Trinajstić information content (AvgIpc) is 2.63. The van der Waals surface area contributed by atoms with E-state index in [1.54, 1.807) is 0 Å². The number of rotatable bonds is 3. The second kappa shape index (κ2) is 5.83. The molecule has 98 valence electrons. The van der Waals surface area contributed by atoms with Crippen LogP contribution in [0.3, 0.4) is 0 Å². The molecule has 3 atom stereocenters. The second-order valence-corrected chi connectivity index (χ2v) is 5.81. The molecule has 0 bridgehead atoms. The van der Waals surface area contributed by atoms with Crippen LogP contribution in [0.15, 0.2) is 0 Å². The van der Waals surface area contributed by atoms with Gasteiger partial charge in [-0.2, -0.15) is 0 Å². The Morgan fingerprint density at radius 3 is 2.88 bits per heavy atom. The Morgan fingerprint density at radius 2 is 2.24 bits per heavy atom. The predicted octanol–water partition coefficient (Wildman–Crippen LogP) is 0.714. The second-order valence-electron chi connectivity index (χ2n) is 5.81. The topological polar surface area (TPSA) is 58.4 Å². The summed E-state index contributed by atoms with van der Waals surface area (Å²) in [7, 11) is 2.10. The molecular formula is C13H25N3O. The van der Waals surface area contributed by atoms with Gasteiger partial charge in [0, 0.05) is 25.0 Å². The highest BCUT2D eigenvalue weighted by molar-refractivity contribution is 5.76. The SMILES string of the molecule is CN1CCC(NC(=O)CC2CCCC(N)C2)C1. The fourth-order valence-corrected chi connectivity index (χ4v) is 3.12. The van der Waals surface area contributed by atoms with Crippen molar-refractivity contribution in [1.29, 1.82) is 0 Å². The van der Waals surface area contributed by atoms with Crippen LogP contribution in [0, 0.1) is 5.92 Å². The number of carbonyl (C=O) groups excluding carboxylic acids is 1. The van der Waals surface area contributed by atoms with Crippen LogP contribution in [0.2, 0.25) is 0 Å². The van der Waals surface area contributed by atoms with Crippen molar-refractivity contribution in [2.45, 2.75) is 50.6 Å². The van der Waals surface area contributed by atoms with Crippen LogP contribution >= 0.6 is 0 Å². The molecule has 0 spiro atoms. The summed E-state index contributed by atoms with van der Waals surface area (Å²) < 4.78 is 0. The molecular weight excluding hydrogens is 214 g/mol. The molecule has 1 saturated heterocycles. The van der Waals surface area contributed by atoms with Crippen molar-refractivity contribution in [3.63, 3.8) is 0 Å². The summed E-state index contributed by atoms with van der Waals surface area (Å²) in [5, 5.41) is 3.15. The van der Waals surface area contributed by atoms with Gasteiger partial charge in [0.05, 0.1) is 0 Å². The van der Waals surface area contributed by atoms with Gasteiger partial charge in [-0.15, -0.1) is 0 Å². The zero-order valence-corrected chi connectivity index (χ0v) is 10.8. The number of amides is 1. The molecule has 1 aliphatic carbocycles. The minimum Gasteiger partial charge on any atom is -0.352 e. The molecule has 1 amide bonds. The van der Waals surface area contributed by atoms with E-state index in [1.165, 1.54) is 12.8 Å². The third-order valence-electron chi connectivity index (χ3n) is 4.05. The van der Waals surface area contributed by atoms with Crippen molar-refractivity contribution in [3.05, 3.63) is 0 Å². The molecule has 0 aromatic heterocycles. The molecule has 0 aromatic rings. The fraction of sp³-hybridized carbons (Fsp3) is 0.923.